The molecule has 1 heterocycles. The van der Waals surface area contributed by atoms with Crippen LogP contribution in [0.1, 0.15) is 194 Å². The van der Waals surface area contributed by atoms with Crippen molar-refractivity contribution in [2.45, 2.75) is 230 Å². The summed E-state index contributed by atoms with van der Waals surface area (Å²) in [5.74, 6) is -2.04. The van der Waals surface area contributed by atoms with Crippen LogP contribution in [0.5, 0.6) is 0 Å². The molecule has 1 rings (SSSR count). The molecule has 0 aromatic heterocycles. The highest BCUT2D eigenvalue weighted by molar-refractivity contribution is 7.85. The zero-order valence-corrected chi connectivity index (χ0v) is 37.0. The van der Waals surface area contributed by atoms with Crippen LogP contribution in [0.2, 0.25) is 0 Å². The molecule has 0 spiro atoms. The second-order valence-electron chi connectivity index (χ2n) is 16.1. The molecule has 0 aliphatic carbocycles. The van der Waals surface area contributed by atoms with E-state index in [2.05, 4.69) is 32.1 Å². The highest BCUT2D eigenvalue weighted by atomic mass is 32.2. The number of ether oxygens (including phenoxy) is 4. The van der Waals surface area contributed by atoms with Gasteiger partial charge in [0.2, 0.25) is 0 Å². The van der Waals surface area contributed by atoms with Crippen LogP contribution in [0, 0.1) is 0 Å². The number of carbonyl (C=O) groups is 2. The van der Waals surface area contributed by atoms with Crippen LogP contribution in [-0.2, 0) is 38.7 Å². The lowest BCUT2D eigenvalue weighted by Gasteiger charge is -2.40. The summed E-state index contributed by atoms with van der Waals surface area (Å²) >= 11 is 0. The molecule has 0 amide bonds. The number of unbranched alkanes of at least 4 members (excludes halogenated alkanes) is 22. The Balaban J connectivity index is 2.46. The van der Waals surface area contributed by atoms with Gasteiger partial charge in [-0.05, 0) is 51.4 Å². The number of hydrogen-bond donors (Lipinski definition) is 4. The maximum atomic E-state index is 12.8. The van der Waals surface area contributed by atoms with Crippen LogP contribution in [0.4, 0.5) is 0 Å². The van der Waals surface area contributed by atoms with Crippen LogP contribution >= 0.6 is 0 Å². The van der Waals surface area contributed by atoms with Crippen molar-refractivity contribution < 1.29 is 56.8 Å². The molecule has 2 unspecified atom stereocenters. The van der Waals surface area contributed by atoms with E-state index in [4.69, 9.17) is 18.9 Å². The SMILES string of the molecule is CCCCCC/C=C/CCCCCCCCCC(=O)O[C@H](COC(=O)CC/C=C/CCCCCCCCCCCCC)CO[C@H]1O[C@H](CS(=O)(=O)O)[C@@H](O)C(O)C1O. The van der Waals surface area contributed by atoms with Gasteiger partial charge in [0, 0.05) is 12.8 Å². The Labute approximate surface area is 351 Å². The Hall–Kier alpha value is -1.87. The number of esters is 2. The summed E-state index contributed by atoms with van der Waals surface area (Å²) in [5.41, 5.74) is 0. The second-order valence-corrected chi connectivity index (χ2v) is 17.6. The maximum absolute atomic E-state index is 12.8. The van der Waals surface area contributed by atoms with Gasteiger partial charge in [-0.3, -0.25) is 14.1 Å². The van der Waals surface area contributed by atoms with E-state index in [0.717, 1.165) is 44.9 Å². The molecule has 12 nitrogen and oxygen atoms in total. The van der Waals surface area contributed by atoms with Crippen LogP contribution in [0.15, 0.2) is 24.3 Å². The van der Waals surface area contributed by atoms with E-state index < -0.39 is 71.2 Å². The molecule has 4 N–H and O–H groups in total. The third-order valence-electron chi connectivity index (χ3n) is 10.5. The molecule has 1 aliphatic rings. The van der Waals surface area contributed by atoms with Gasteiger partial charge < -0.3 is 34.3 Å². The van der Waals surface area contributed by atoms with Crippen molar-refractivity contribution in [3.8, 4) is 0 Å². The van der Waals surface area contributed by atoms with Gasteiger partial charge in [0.1, 0.15) is 36.8 Å². The summed E-state index contributed by atoms with van der Waals surface area (Å²) in [7, 11) is -4.60. The maximum Gasteiger partial charge on any atom is 0.306 e. The summed E-state index contributed by atoms with van der Waals surface area (Å²) < 4.78 is 54.0. The van der Waals surface area contributed by atoms with Crippen molar-refractivity contribution >= 4 is 22.1 Å². The number of carbonyl (C=O) groups excluding carboxylic acids is 2. The topological polar surface area (TPSA) is 186 Å². The van der Waals surface area contributed by atoms with E-state index in [1.165, 1.54) is 109 Å². The minimum absolute atomic E-state index is 0.137. The van der Waals surface area contributed by atoms with Gasteiger partial charge >= 0.3 is 11.9 Å². The smallest absolute Gasteiger partial charge is 0.306 e. The van der Waals surface area contributed by atoms with E-state index >= 15 is 0 Å². The minimum atomic E-state index is -4.60. The molecule has 0 saturated carbocycles. The quantitative estimate of drug-likeness (QED) is 0.0200. The summed E-state index contributed by atoms with van der Waals surface area (Å²) in [6.45, 7) is 3.72. The fraction of sp³-hybridized carbons (Fsp3) is 0.867. The van der Waals surface area contributed by atoms with Crippen molar-refractivity contribution in [2.75, 3.05) is 19.0 Å². The molecule has 0 bridgehead atoms. The number of aliphatic hydroxyl groups excluding tert-OH is 3. The number of hydrogen-bond acceptors (Lipinski definition) is 11. The highest BCUT2D eigenvalue weighted by Crippen LogP contribution is 2.24. The lowest BCUT2D eigenvalue weighted by Crippen LogP contribution is -2.60. The Kier molecular flexibility index (Phi) is 33.5. The van der Waals surface area contributed by atoms with E-state index in [1.807, 2.05) is 6.08 Å². The average molecular weight is 847 g/mol. The molecular formula is C45H82O12S. The summed E-state index contributed by atoms with van der Waals surface area (Å²) in [6.07, 6.45) is 29.5. The second kappa shape index (κ2) is 35.8. The zero-order chi connectivity index (χ0) is 42.7. The van der Waals surface area contributed by atoms with Gasteiger partial charge in [0.25, 0.3) is 10.1 Å². The fourth-order valence-electron chi connectivity index (χ4n) is 6.92. The monoisotopic (exact) mass is 847 g/mol. The largest absolute Gasteiger partial charge is 0.462 e. The molecule has 6 atom stereocenters. The van der Waals surface area contributed by atoms with Crippen LogP contribution in [0.25, 0.3) is 0 Å². The predicted molar refractivity (Wildman–Crippen MR) is 229 cm³/mol. The van der Waals surface area contributed by atoms with Gasteiger partial charge in [-0.2, -0.15) is 8.42 Å². The lowest BCUT2D eigenvalue weighted by atomic mass is 10.00. The third-order valence-corrected chi connectivity index (χ3v) is 11.3. The highest BCUT2D eigenvalue weighted by Gasteiger charge is 2.46. The Morgan fingerprint density at radius 3 is 1.52 bits per heavy atom. The van der Waals surface area contributed by atoms with Gasteiger partial charge in [0.05, 0.1) is 6.61 Å². The van der Waals surface area contributed by atoms with Crippen molar-refractivity contribution in [3.05, 3.63) is 24.3 Å². The van der Waals surface area contributed by atoms with E-state index in [1.54, 1.807) is 0 Å². The standard InChI is InChI=1S/C45H82O12S/c1-3-5-7-9-11-13-15-17-19-21-23-25-27-29-31-33-40(46)54-35-38(36-55-45-44(50)43(49)42(48)39(57-45)37-58(51,52)53)56-41(47)34-32-30-28-26-24-22-20-18-16-14-12-10-8-6-4-2/h14,16,27,29,38-39,42-45,48-50H,3-13,15,17-26,28,30-37H2,1-2H3,(H,51,52,53)/b16-14+,29-27+/t38-,39-,42-,43?,44?,45+/m1/s1. The summed E-state index contributed by atoms with van der Waals surface area (Å²) in [6, 6.07) is 0. The lowest BCUT2D eigenvalue weighted by molar-refractivity contribution is -0.297. The predicted octanol–water partition coefficient (Wildman–Crippen LogP) is 9.23. The third kappa shape index (κ3) is 30.2. The van der Waals surface area contributed by atoms with Crippen LogP contribution in [0.3, 0.4) is 0 Å². The first-order chi connectivity index (χ1) is 28.0. The van der Waals surface area contributed by atoms with Gasteiger partial charge in [-0.25, -0.2) is 0 Å². The minimum Gasteiger partial charge on any atom is -0.462 e. The average Bonchev–Trinajstić information content (AvgIpc) is 3.18. The van der Waals surface area contributed by atoms with Crippen molar-refractivity contribution in [1.29, 1.82) is 0 Å². The van der Waals surface area contributed by atoms with Crippen molar-refractivity contribution in [3.63, 3.8) is 0 Å². The molecule has 0 radical (unpaired) electrons. The molecular weight excluding hydrogens is 765 g/mol. The van der Waals surface area contributed by atoms with E-state index in [0.29, 0.717) is 12.8 Å². The van der Waals surface area contributed by atoms with Crippen molar-refractivity contribution in [2.24, 2.45) is 0 Å². The molecule has 0 aromatic carbocycles. The van der Waals surface area contributed by atoms with E-state index in [-0.39, 0.29) is 19.4 Å². The number of rotatable bonds is 38. The molecule has 0 aromatic rings. The van der Waals surface area contributed by atoms with Gasteiger partial charge in [-0.1, -0.05) is 154 Å². The van der Waals surface area contributed by atoms with E-state index in [9.17, 15) is 37.9 Å². The van der Waals surface area contributed by atoms with Crippen LogP contribution in [-0.4, -0.2) is 96.0 Å². The summed E-state index contributed by atoms with van der Waals surface area (Å²) in [5, 5.41) is 30.9. The fourth-order valence-corrected chi connectivity index (χ4v) is 7.62. The number of allylic oxidation sites excluding steroid dienone is 4. The molecule has 58 heavy (non-hydrogen) atoms. The van der Waals surface area contributed by atoms with Crippen molar-refractivity contribution in [1.82, 2.24) is 0 Å². The Morgan fingerprint density at radius 1 is 0.569 bits per heavy atom. The van der Waals surface area contributed by atoms with Gasteiger partial charge in [0.15, 0.2) is 12.4 Å². The molecule has 1 fully saturated rings. The first kappa shape index (κ1) is 54.1. The molecule has 1 saturated heterocycles. The first-order valence-corrected chi connectivity index (χ1v) is 24.5. The number of aliphatic hydroxyl groups is 3. The normalized spacial score (nSPS) is 20.6. The Morgan fingerprint density at radius 2 is 1.02 bits per heavy atom. The Bertz CT molecular complexity index is 1180. The molecule has 13 heteroatoms. The molecule has 340 valence electrons. The molecule has 1 aliphatic heterocycles. The van der Waals surface area contributed by atoms with Crippen LogP contribution < -0.4 is 0 Å². The summed E-state index contributed by atoms with van der Waals surface area (Å²) in [4.78, 5) is 25.4. The first-order valence-electron chi connectivity index (χ1n) is 22.9. The zero-order valence-electron chi connectivity index (χ0n) is 36.2. The van der Waals surface area contributed by atoms with Gasteiger partial charge in [-0.15, -0.1) is 0 Å².